The van der Waals surface area contributed by atoms with Gasteiger partial charge in [0.05, 0.1) is 11.2 Å². The average Bonchev–Trinajstić information content (AvgIpc) is 2.92. The Morgan fingerprint density at radius 2 is 1.81 bits per heavy atom. The highest BCUT2D eigenvalue weighted by Gasteiger charge is 2.60. The van der Waals surface area contributed by atoms with Gasteiger partial charge in [0, 0.05) is 41.0 Å². The third-order valence-corrected chi connectivity index (χ3v) is 6.55. The molecule has 0 saturated heterocycles. The number of Topliss-reactive ketones (excluding diaryl/α,β-unsaturated/α-hetero) is 1. The summed E-state index contributed by atoms with van der Waals surface area (Å²) >= 11 is 0. The van der Waals surface area contributed by atoms with E-state index in [-0.39, 0.29) is 11.2 Å². The minimum atomic E-state index is -0.507. The van der Waals surface area contributed by atoms with Gasteiger partial charge in [0.25, 0.3) is 0 Å². The Morgan fingerprint density at radius 3 is 2.65 bits per heavy atom. The Kier molecular flexibility index (Phi) is 3.03. The van der Waals surface area contributed by atoms with Crippen LogP contribution in [0.5, 0.6) is 0 Å². The number of aldehydes is 1. The number of rotatable bonds is 2. The first-order chi connectivity index (χ1) is 12.6. The number of pyridine rings is 1. The monoisotopic (exact) mass is 341 g/mol. The summed E-state index contributed by atoms with van der Waals surface area (Å²) in [5, 5.41) is 1.05. The maximum absolute atomic E-state index is 12.6. The summed E-state index contributed by atoms with van der Waals surface area (Å²) in [5.74, 6) is 0.227. The maximum atomic E-state index is 12.6. The Bertz CT molecular complexity index is 1090. The van der Waals surface area contributed by atoms with E-state index in [0.717, 1.165) is 39.6 Å². The molecule has 2 aliphatic rings. The fourth-order valence-corrected chi connectivity index (χ4v) is 5.31. The van der Waals surface area contributed by atoms with Crippen molar-refractivity contribution < 1.29 is 9.59 Å². The molecule has 0 bridgehead atoms. The molecule has 1 heterocycles. The molecule has 0 spiro atoms. The van der Waals surface area contributed by atoms with Crippen LogP contribution in [0.15, 0.2) is 54.6 Å². The first-order valence-electron chi connectivity index (χ1n) is 9.05. The first kappa shape index (κ1) is 15.4. The molecule has 0 N–H and O–H groups in total. The predicted molar refractivity (Wildman–Crippen MR) is 101 cm³/mol. The van der Waals surface area contributed by atoms with Gasteiger partial charge in [-0.15, -0.1) is 0 Å². The molecule has 26 heavy (non-hydrogen) atoms. The van der Waals surface area contributed by atoms with Gasteiger partial charge in [0.2, 0.25) is 0 Å². The zero-order valence-corrected chi connectivity index (χ0v) is 14.7. The molecular weight excluding hydrogens is 322 g/mol. The van der Waals surface area contributed by atoms with Crippen LogP contribution in [-0.4, -0.2) is 17.1 Å². The minimum absolute atomic E-state index is 0.227. The standard InChI is InChI=1S/C23H19NO2/c1-22-13-16(26)14-23(22,10-11-25)19-12-15-6-2-5-9-20(15)24-21(19)17-7-3-4-8-18(17)22/h2-9,11-12H,10,13-14H2,1H3. The van der Waals surface area contributed by atoms with Crippen molar-refractivity contribution in [1.29, 1.82) is 0 Å². The second-order valence-corrected chi connectivity index (χ2v) is 7.80. The molecule has 0 radical (unpaired) electrons. The van der Waals surface area contributed by atoms with Gasteiger partial charge in [-0.2, -0.15) is 0 Å². The highest BCUT2D eigenvalue weighted by Crippen LogP contribution is 2.62. The Morgan fingerprint density at radius 1 is 1.04 bits per heavy atom. The first-order valence-corrected chi connectivity index (χ1v) is 9.05. The fourth-order valence-electron chi connectivity index (χ4n) is 5.31. The Balaban J connectivity index is 1.95. The van der Waals surface area contributed by atoms with Crippen LogP contribution >= 0.6 is 0 Å². The van der Waals surface area contributed by atoms with E-state index in [1.165, 1.54) is 0 Å². The van der Waals surface area contributed by atoms with E-state index in [9.17, 15) is 9.59 Å². The minimum Gasteiger partial charge on any atom is -0.303 e. The van der Waals surface area contributed by atoms with Crippen LogP contribution in [0.25, 0.3) is 22.2 Å². The van der Waals surface area contributed by atoms with Gasteiger partial charge in [-0.25, -0.2) is 4.98 Å². The van der Waals surface area contributed by atoms with Crippen molar-refractivity contribution in [3.63, 3.8) is 0 Å². The summed E-state index contributed by atoms with van der Waals surface area (Å²) in [5.41, 5.74) is 4.26. The zero-order chi connectivity index (χ0) is 17.9. The number of para-hydroxylation sites is 1. The van der Waals surface area contributed by atoms with Gasteiger partial charge in [0.15, 0.2) is 0 Å². The van der Waals surface area contributed by atoms with Crippen LogP contribution in [0.4, 0.5) is 0 Å². The van der Waals surface area contributed by atoms with E-state index in [0.29, 0.717) is 19.3 Å². The van der Waals surface area contributed by atoms with Crippen LogP contribution in [0.2, 0.25) is 0 Å². The molecule has 1 fully saturated rings. The third kappa shape index (κ3) is 1.75. The van der Waals surface area contributed by atoms with Crippen LogP contribution in [0.3, 0.4) is 0 Å². The van der Waals surface area contributed by atoms with Gasteiger partial charge in [-0.3, -0.25) is 4.79 Å². The molecule has 2 atom stereocenters. The summed E-state index contributed by atoms with van der Waals surface area (Å²) in [7, 11) is 0. The van der Waals surface area contributed by atoms with Gasteiger partial charge in [0.1, 0.15) is 12.1 Å². The molecule has 0 amide bonds. The number of fused-ring (bicyclic) bond motifs is 7. The molecule has 2 aromatic carbocycles. The molecular formula is C23H19NO2. The quantitative estimate of drug-likeness (QED) is 0.651. The molecule has 5 rings (SSSR count). The summed E-state index contributed by atoms with van der Waals surface area (Å²) < 4.78 is 0. The third-order valence-electron chi connectivity index (χ3n) is 6.55. The van der Waals surface area contributed by atoms with Crippen molar-refractivity contribution in [2.45, 2.75) is 37.0 Å². The van der Waals surface area contributed by atoms with E-state index >= 15 is 0 Å². The van der Waals surface area contributed by atoms with Crippen molar-refractivity contribution in [3.8, 4) is 11.3 Å². The van der Waals surface area contributed by atoms with Crippen molar-refractivity contribution in [2.75, 3.05) is 0 Å². The predicted octanol–water partition coefficient (Wildman–Crippen LogP) is 4.36. The molecule has 3 nitrogen and oxygen atoms in total. The van der Waals surface area contributed by atoms with Gasteiger partial charge in [-0.1, -0.05) is 49.4 Å². The second kappa shape index (κ2) is 5.10. The number of nitrogens with zero attached hydrogens (tertiary/aromatic N) is 1. The Labute approximate surface area is 152 Å². The lowest BCUT2D eigenvalue weighted by molar-refractivity contribution is -0.117. The van der Waals surface area contributed by atoms with E-state index < -0.39 is 5.41 Å². The van der Waals surface area contributed by atoms with Crippen LogP contribution in [0.1, 0.15) is 37.3 Å². The summed E-state index contributed by atoms with van der Waals surface area (Å²) in [6.45, 7) is 2.15. The SMILES string of the molecule is CC12CC(=O)CC1(CC=O)c1cc3ccccc3nc1-c1ccccc12. The summed E-state index contributed by atoms with van der Waals surface area (Å²) in [4.78, 5) is 29.3. The number of aromatic nitrogens is 1. The second-order valence-electron chi connectivity index (χ2n) is 7.80. The normalized spacial score (nSPS) is 26.3. The van der Waals surface area contributed by atoms with Gasteiger partial charge >= 0.3 is 0 Å². The number of carbonyl (C=O) groups excluding carboxylic acids is 2. The largest absolute Gasteiger partial charge is 0.303 e. The number of hydrogen-bond donors (Lipinski definition) is 0. The molecule has 1 aromatic heterocycles. The van der Waals surface area contributed by atoms with E-state index in [4.69, 9.17) is 4.98 Å². The van der Waals surface area contributed by atoms with Crippen molar-refractivity contribution >= 4 is 23.0 Å². The molecule has 3 heteroatoms. The number of carbonyl (C=O) groups is 2. The lowest BCUT2D eigenvalue weighted by atomic mass is 9.54. The highest BCUT2D eigenvalue weighted by atomic mass is 16.1. The lowest BCUT2D eigenvalue weighted by Gasteiger charge is -2.48. The van der Waals surface area contributed by atoms with Crippen LogP contribution in [0, 0.1) is 0 Å². The smallest absolute Gasteiger partial charge is 0.134 e. The van der Waals surface area contributed by atoms with E-state index in [1.54, 1.807) is 0 Å². The van der Waals surface area contributed by atoms with E-state index in [1.807, 2.05) is 36.4 Å². The van der Waals surface area contributed by atoms with Crippen molar-refractivity contribution in [3.05, 3.63) is 65.7 Å². The molecule has 128 valence electrons. The Hall–Kier alpha value is -2.81. The molecule has 2 unspecified atom stereocenters. The van der Waals surface area contributed by atoms with Gasteiger partial charge < -0.3 is 4.79 Å². The zero-order valence-electron chi connectivity index (χ0n) is 14.7. The van der Waals surface area contributed by atoms with Crippen LogP contribution in [-0.2, 0) is 20.4 Å². The lowest BCUT2D eigenvalue weighted by Crippen LogP contribution is -2.46. The molecule has 1 saturated carbocycles. The van der Waals surface area contributed by atoms with Crippen LogP contribution < -0.4 is 0 Å². The number of hydrogen-bond acceptors (Lipinski definition) is 3. The van der Waals surface area contributed by atoms with Crippen molar-refractivity contribution in [1.82, 2.24) is 4.98 Å². The molecule has 3 aromatic rings. The maximum Gasteiger partial charge on any atom is 0.134 e. The number of ketones is 1. The van der Waals surface area contributed by atoms with Gasteiger partial charge in [-0.05, 0) is 23.3 Å². The molecule has 2 aliphatic carbocycles. The topological polar surface area (TPSA) is 47.0 Å². The fraction of sp³-hybridized carbons (Fsp3) is 0.261. The van der Waals surface area contributed by atoms with Crippen molar-refractivity contribution in [2.24, 2.45) is 0 Å². The average molecular weight is 341 g/mol. The summed E-state index contributed by atoms with van der Waals surface area (Å²) in [6.07, 6.45) is 2.20. The summed E-state index contributed by atoms with van der Waals surface area (Å²) in [6, 6.07) is 18.4. The van der Waals surface area contributed by atoms with E-state index in [2.05, 4.69) is 25.1 Å². The highest BCUT2D eigenvalue weighted by molar-refractivity contribution is 5.93. The number of benzene rings is 2. The molecule has 0 aliphatic heterocycles.